The molecule has 0 unspecified atom stereocenters. The second kappa shape index (κ2) is 8.18. The number of aryl methyl sites for hydroxylation is 1. The monoisotopic (exact) mass is 399 g/mol. The van der Waals surface area contributed by atoms with E-state index in [2.05, 4.69) is 15.6 Å². The maximum absolute atomic E-state index is 14.1. The molecule has 0 aliphatic carbocycles. The molecular weight excluding hydrogens is 381 g/mol. The van der Waals surface area contributed by atoms with Crippen molar-refractivity contribution in [1.29, 1.82) is 0 Å². The average molecular weight is 399 g/mol. The van der Waals surface area contributed by atoms with Gasteiger partial charge in [-0.2, -0.15) is 0 Å². The third-order valence-electron chi connectivity index (χ3n) is 3.91. The van der Waals surface area contributed by atoms with E-state index < -0.39 is 11.7 Å². The molecule has 0 fully saturated rings. The van der Waals surface area contributed by atoms with E-state index in [1.807, 2.05) is 31.2 Å². The van der Waals surface area contributed by atoms with Gasteiger partial charge in [-0.25, -0.2) is 9.37 Å². The highest BCUT2D eigenvalue weighted by atomic mass is 32.1. The molecule has 2 N–H and O–H groups in total. The Kier molecular flexibility index (Phi) is 5.70. The smallest absolute Gasteiger partial charge is 0.260 e. The largest absolute Gasteiger partial charge is 0.497 e. The number of halogens is 1. The summed E-state index contributed by atoms with van der Waals surface area (Å²) in [5.74, 6) is -0.896. The molecule has 3 aromatic rings. The van der Waals surface area contributed by atoms with Crippen molar-refractivity contribution in [2.24, 2.45) is 0 Å². The van der Waals surface area contributed by atoms with Crippen molar-refractivity contribution in [1.82, 2.24) is 4.98 Å². The van der Waals surface area contributed by atoms with Crippen LogP contribution in [0.15, 0.2) is 42.5 Å². The van der Waals surface area contributed by atoms with E-state index in [0.717, 1.165) is 28.0 Å². The zero-order chi connectivity index (χ0) is 20.3. The van der Waals surface area contributed by atoms with Gasteiger partial charge in [-0.3, -0.25) is 14.9 Å². The summed E-state index contributed by atoms with van der Waals surface area (Å²) < 4.78 is 19.2. The molecule has 0 bridgehead atoms. The second-order valence-corrected chi connectivity index (χ2v) is 7.19. The van der Waals surface area contributed by atoms with Crippen LogP contribution >= 0.6 is 11.3 Å². The summed E-state index contributed by atoms with van der Waals surface area (Å²) in [7, 11) is 1.59. The van der Waals surface area contributed by atoms with Crippen molar-refractivity contribution in [2.45, 2.75) is 13.8 Å². The minimum atomic E-state index is -0.685. The molecule has 2 aromatic carbocycles. The number of aromatic nitrogens is 1. The summed E-state index contributed by atoms with van der Waals surface area (Å²) >= 11 is 1.30. The molecule has 3 rings (SSSR count). The van der Waals surface area contributed by atoms with Crippen LogP contribution in [0.3, 0.4) is 0 Å². The minimum absolute atomic E-state index is 0.176. The third-order valence-corrected chi connectivity index (χ3v) is 4.80. The molecule has 0 saturated carbocycles. The normalized spacial score (nSPS) is 10.4. The van der Waals surface area contributed by atoms with Gasteiger partial charge in [0.25, 0.3) is 5.91 Å². The molecule has 8 heteroatoms. The highest BCUT2D eigenvalue weighted by molar-refractivity contribution is 7.16. The van der Waals surface area contributed by atoms with Crippen molar-refractivity contribution in [3.63, 3.8) is 0 Å². The third kappa shape index (κ3) is 4.34. The van der Waals surface area contributed by atoms with Crippen LogP contribution in [0.2, 0.25) is 0 Å². The van der Waals surface area contributed by atoms with Gasteiger partial charge in [0.1, 0.15) is 11.6 Å². The van der Waals surface area contributed by atoms with Gasteiger partial charge in [-0.05, 0) is 49.4 Å². The summed E-state index contributed by atoms with van der Waals surface area (Å²) in [5.41, 5.74) is 1.78. The van der Waals surface area contributed by atoms with Gasteiger partial charge in [0.15, 0.2) is 5.13 Å². The number of amides is 2. The zero-order valence-corrected chi connectivity index (χ0v) is 16.3. The first-order chi connectivity index (χ1) is 13.4. The molecular formula is C20H18FN3O3S. The molecule has 28 heavy (non-hydrogen) atoms. The predicted octanol–water partition coefficient (Wildman–Crippen LogP) is 4.48. The fourth-order valence-corrected chi connectivity index (χ4v) is 3.44. The molecule has 1 heterocycles. The van der Waals surface area contributed by atoms with Crippen molar-refractivity contribution < 1.29 is 18.7 Å². The van der Waals surface area contributed by atoms with Crippen LogP contribution < -0.4 is 15.4 Å². The quantitative estimate of drug-likeness (QED) is 0.663. The van der Waals surface area contributed by atoms with Crippen molar-refractivity contribution in [2.75, 3.05) is 17.7 Å². The van der Waals surface area contributed by atoms with Gasteiger partial charge in [-0.1, -0.05) is 0 Å². The van der Waals surface area contributed by atoms with Crippen LogP contribution in [0.1, 0.15) is 22.2 Å². The minimum Gasteiger partial charge on any atom is -0.497 e. The number of thiazole rings is 1. The predicted molar refractivity (Wildman–Crippen MR) is 107 cm³/mol. The van der Waals surface area contributed by atoms with Gasteiger partial charge in [-0.15, -0.1) is 11.3 Å². The number of nitrogens with zero attached hydrogens (tertiary/aromatic N) is 1. The number of nitrogens with one attached hydrogen (secondary N) is 2. The summed E-state index contributed by atoms with van der Waals surface area (Å²) in [6.45, 7) is 3.23. The van der Waals surface area contributed by atoms with Crippen LogP contribution in [0.25, 0.3) is 11.3 Å². The average Bonchev–Trinajstić information content (AvgIpc) is 3.03. The SMILES string of the molecule is COc1ccc(-c2nc(NC(=O)c3cc(NC(C)=O)ccc3F)sc2C)cc1. The lowest BCUT2D eigenvalue weighted by Gasteiger charge is -2.07. The maximum Gasteiger partial charge on any atom is 0.260 e. The molecule has 0 aliphatic rings. The van der Waals surface area contributed by atoms with E-state index in [1.165, 1.54) is 30.4 Å². The molecule has 1 aromatic heterocycles. The van der Waals surface area contributed by atoms with Gasteiger partial charge in [0.2, 0.25) is 5.91 Å². The maximum atomic E-state index is 14.1. The van der Waals surface area contributed by atoms with Gasteiger partial charge in [0, 0.05) is 23.1 Å². The van der Waals surface area contributed by atoms with Gasteiger partial charge < -0.3 is 10.1 Å². The lowest BCUT2D eigenvalue weighted by Crippen LogP contribution is -2.15. The number of hydrogen-bond donors (Lipinski definition) is 2. The first-order valence-electron chi connectivity index (χ1n) is 8.37. The van der Waals surface area contributed by atoms with E-state index >= 15 is 0 Å². The van der Waals surface area contributed by atoms with Crippen LogP contribution in [-0.4, -0.2) is 23.9 Å². The number of hydrogen-bond acceptors (Lipinski definition) is 5. The first-order valence-corrected chi connectivity index (χ1v) is 9.19. The van der Waals surface area contributed by atoms with Crippen LogP contribution in [0.5, 0.6) is 5.75 Å². The molecule has 0 aliphatic heterocycles. The number of rotatable bonds is 5. The summed E-state index contributed by atoms with van der Waals surface area (Å²) in [4.78, 5) is 29.0. The summed E-state index contributed by atoms with van der Waals surface area (Å²) in [6, 6.07) is 11.2. The fourth-order valence-electron chi connectivity index (χ4n) is 2.61. The van der Waals surface area contributed by atoms with Crippen LogP contribution in [-0.2, 0) is 4.79 Å². The number of ether oxygens (including phenoxy) is 1. The van der Waals surface area contributed by atoms with Gasteiger partial charge >= 0.3 is 0 Å². The van der Waals surface area contributed by atoms with Gasteiger partial charge in [0.05, 0.1) is 18.4 Å². The van der Waals surface area contributed by atoms with E-state index in [9.17, 15) is 14.0 Å². The second-order valence-electron chi connectivity index (χ2n) is 5.98. The molecule has 2 amide bonds. The lowest BCUT2D eigenvalue weighted by molar-refractivity contribution is -0.114. The van der Waals surface area contributed by atoms with E-state index in [-0.39, 0.29) is 11.5 Å². The fraction of sp³-hybridized carbons (Fsp3) is 0.150. The van der Waals surface area contributed by atoms with Crippen molar-refractivity contribution >= 4 is 34.0 Å². The highest BCUT2D eigenvalue weighted by Crippen LogP contribution is 2.31. The topological polar surface area (TPSA) is 80.3 Å². The number of anilines is 2. The highest BCUT2D eigenvalue weighted by Gasteiger charge is 2.17. The van der Waals surface area contributed by atoms with Crippen LogP contribution in [0, 0.1) is 12.7 Å². The number of benzene rings is 2. The Labute approximate surface area is 165 Å². The number of methoxy groups -OCH3 is 1. The van der Waals surface area contributed by atoms with E-state index in [1.54, 1.807) is 7.11 Å². The molecule has 0 spiro atoms. The zero-order valence-electron chi connectivity index (χ0n) is 15.5. The Hall–Kier alpha value is -3.26. The molecule has 0 saturated heterocycles. The summed E-state index contributed by atoms with van der Waals surface area (Å²) in [6.07, 6.45) is 0. The first kappa shape index (κ1) is 19.5. The lowest BCUT2D eigenvalue weighted by atomic mass is 10.1. The number of carbonyl (C=O) groups excluding carboxylic acids is 2. The Morgan fingerprint density at radius 1 is 1.11 bits per heavy atom. The van der Waals surface area contributed by atoms with Crippen LogP contribution in [0.4, 0.5) is 15.2 Å². The molecule has 144 valence electrons. The van der Waals surface area contributed by atoms with E-state index in [0.29, 0.717) is 10.8 Å². The Bertz CT molecular complexity index is 1030. The summed E-state index contributed by atoms with van der Waals surface area (Å²) in [5, 5.41) is 5.51. The Morgan fingerprint density at radius 3 is 2.46 bits per heavy atom. The number of carbonyl (C=O) groups is 2. The molecule has 0 atom stereocenters. The molecule has 0 radical (unpaired) electrons. The Morgan fingerprint density at radius 2 is 1.82 bits per heavy atom. The standard InChI is InChI=1S/C20H18FN3O3S/c1-11-18(13-4-7-15(27-3)8-5-13)23-20(28-11)24-19(26)16-10-14(22-12(2)25)6-9-17(16)21/h4-10H,1-3H3,(H,22,25)(H,23,24,26). The molecule has 6 nitrogen and oxygen atoms in total. The van der Waals surface area contributed by atoms with E-state index in [4.69, 9.17) is 4.74 Å². The Balaban J connectivity index is 1.82. The van der Waals surface area contributed by atoms with Crippen molar-refractivity contribution in [3.05, 3.63) is 58.7 Å². The van der Waals surface area contributed by atoms with Crippen molar-refractivity contribution in [3.8, 4) is 17.0 Å².